The predicted molar refractivity (Wildman–Crippen MR) is 122 cm³/mol. The molecule has 12 heteroatoms. The molecule has 0 amide bonds. The number of halogens is 5. The van der Waals surface area contributed by atoms with Gasteiger partial charge in [0.05, 0.1) is 37.0 Å². The number of rotatable bonds is 9. The lowest BCUT2D eigenvalue weighted by Gasteiger charge is -2.21. The topological polar surface area (TPSA) is 71.0 Å². The van der Waals surface area contributed by atoms with E-state index < -0.39 is 11.7 Å². The second-order valence-electron chi connectivity index (χ2n) is 6.47. The van der Waals surface area contributed by atoms with Crippen molar-refractivity contribution < 1.29 is 22.6 Å². The number of hydrogen-bond donors (Lipinski definition) is 2. The first kappa shape index (κ1) is 27.0. The third-order valence-electron chi connectivity index (χ3n) is 4.26. The molecule has 1 unspecified atom stereocenters. The van der Waals surface area contributed by atoms with Gasteiger partial charge in [-0.25, -0.2) is 4.98 Å². The Bertz CT molecular complexity index is 682. The van der Waals surface area contributed by atoms with Crippen LogP contribution in [0.2, 0.25) is 5.02 Å². The monoisotopic (exact) mass is 565 g/mol. The van der Waals surface area contributed by atoms with Crippen molar-refractivity contribution in [2.75, 3.05) is 58.0 Å². The zero-order chi connectivity index (χ0) is 21.3. The number of hydrogen-bond acceptors (Lipinski definition) is 5. The van der Waals surface area contributed by atoms with Crippen LogP contribution >= 0.6 is 35.6 Å². The minimum absolute atomic E-state index is 0. The van der Waals surface area contributed by atoms with Crippen molar-refractivity contribution in [2.24, 2.45) is 4.99 Å². The van der Waals surface area contributed by atoms with Crippen molar-refractivity contribution in [3.8, 4) is 0 Å². The van der Waals surface area contributed by atoms with Crippen molar-refractivity contribution in [3.63, 3.8) is 0 Å². The number of ether oxygens (including phenoxy) is 2. The zero-order valence-corrected chi connectivity index (χ0v) is 20.1. The first-order valence-electron chi connectivity index (χ1n) is 9.44. The minimum Gasteiger partial charge on any atom is -0.382 e. The second-order valence-corrected chi connectivity index (χ2v) is 6.88. The number of pyridine rings is 1. The molecule has 2 N–H and O–H groups in total. The number of aromatic nitrogens is 1. The summed E-state index contributed by atoms with van der Waals surface area (Å²) in [5.41, 5.74) is -0.852. The molecule has 2 rings (SSSR count). The largest absolute Gasteiger partial charge is 0.417 e. The van der Waals surface area contributed by atoms with Crippen LogP contribution in [-0.2, 0) is 15.7 Å². The van der Waals surface area contributed by atoms with Gasteiger partial charge in [-0.2, -0.15) is 13.2 Å². The molecule has 0 bridgehead atoms. The van der Waals surface area contributed by atoms with Crippen molar-refractivity contribution in [3.05, 3.63) is 22.8 Å². The van der Waals surface area contributed by atoms with Gasteiger partial charge < -0.3 is 25.0 Å². The van der Waals surface area contributed by atoms with Crippen LogP contribution in [0.3, 0.4) is 0 Å². The number of nitrogens with one attached hydrogen (secondary N) is 2. The van der Waals surface area contributed by atoms with E-state index in [-0.39, 0.29) is 35.0 Å². The van der Waals surface area contributed by atoms with Crippen molar-refractivity contribution in [1.29, 1.82) is 0 Å². The van der Waals surface area contributed by atoms with Crippen molar-refractivity contribution >= 4 is 47.4 Å². The SMILES string of the molecule is CCNC(=NCCOCCOC)NC1CCN(c2ncc(C(F)(F)F)cc2Cl)C1.I. The van der Waals surface area contributed by atoms with E-state index in [4.69, 9.17) is 21.1 Å². The molecule has 1 atom stereocenters. The Morgan fingerprint density at radius 3 is 2.77 bits per heavy atom. The number of aliphatic imine (C=N–C) groups is 1. The lowest BCUT2D eigenvalue weighted by molar-refractivity contribution is -0.137. The number of methoxy groups -OCH3 is 1. The van der Waals surface area contributed by atoms with E-state index >= 15 is 0 Å². The molecule has 30 heavy (non-hydrogen) atoms. The summed E-state index contributed by atoms with van der Waals surface area (Å²) in [7, 11) is 1.62. The van der Waals surface area contributed by atoms with Crippen LogP contribution in [-0.4, -0.2) is 70.1 Å². The average Bonchev–Trinajstić information content (AvgIpc) is 3.12. The molecule has 172 valence electrons. The fraction of sp³-hybridized carbons (Fsp3) is 0.667. The number of alkyl halides is 3. The van der Waals surface area contributed by atoms with E-state index in [1.165, 1.54) is 0 Å². The summed E-state index contributed by atoms with van der Waals surface area (Å²) in [4.78, 5) is 10.3. The van der Waals surface area contributed by atoms with Gasteiger partial charge in [-0.3, -0.25) is 4.99 Å². The Kier molecular flexibility index (Phi) is 12.0. The predicted octanol–water partition coefficient (Wildman–Crippen LogP) is 3.17. The zero-order valence-electron chi connectivity index (χ0n) is 17.0. The Balaban J connectivity index is 0.00000450. The molecular weight excluding hydrogens is 538 g/mol. The van der Waals surface area contributed by atoms with Gasteiger partial charge in [-0.05, 0) is 19.4 Å². The smallest absolute Gasteiger partial charge is 0.382 e. The van der Waals surface area contributed by atoms with E-state index in [0.29, 0.717) is 57.8 Å². The van der Waals surface area contributed by atoms with E-state index in [1.54, 1.807) is 7.11 Å². The van der Waals surface area contributed by atoms with Crippen LogP contribution in [0.15, 0.2) is 17.3 Å². The van der Waals surface area contributed by atoms with Crippen LogP contribution in [0.1, 0.15) is 18.9 Å². The molecule has 1 aromatic rings. The summed E-state index contributed by atoms with van der Waals surface area (Å²) in [6.07, 6.45) is -2.86. The summed E-state index contributed by atoms with van der Waals surface area (Å²) in [5, 5.41) is 6.51. The van der Waals surface area contributed by atoms with Crippen LogP contribution in [0, 0.1) is 0 Å². The maximum atomic E-state index is 12.8. The molecular formula is C18H28ClF3IN5O2. The van der Waals surface area contributed by atoms with Gasteiger partial charge in [0.25, 0.3) is 0 Å². The standard InChI is InChI=1S/C18H27ClF3N5O2.HI/c1-3-23-17(24-5-7-29-9-8-28-2)26-14-4-6-27(12-14)16-15(19)10-13(11-25-16)18(20,21)22;/h10-11,14H,3-9,12H2,1-2H3,(H2,23,24,26);1H. The van der Waals surface area contributed by atoms with Crippen LogP contribution < -0.4 is 15.5 Å². The van der Waals surface area contributed by atoms with Crippen molar-refractivity contribution in [2.45, 2.75) is 25.6 Å². The quantitative estimate of drug-likeness (QED) is 0.208. The molecule has 1 aliphatic rings. The maximum absolute atomic E-state index is 12.8. The molecule has 0 aromatic carbocycles. The van der Waals surface area contributed by atoms with E-state index in [2.05, 4.69) is 20.6 Å². The first-order valence-corrected chi connectivity index (χ1v) is 9.82. The molecule has 0 saturated carbocycles. The number of nitrogens with zero attached hydrogens (tertiary/aromatic N) is 3. The third kappa shape index (κ3) is 8.60. The lowest BCUT2D eigenvalue weighted by atomic mass is 10.2. The molecule has 0 aliphatic carbocycles. The van der Waals surface area contributed by atoms with E-state index in [1.807, 2.05) is 11.8 Å². The van der Waals surface area contributed by atoms with Gasteiger partial charge in [0.15, 0.2) is 5.96 Å². The second kappa shape index (κ2) is 13.4. The Hall–Kier alpha value is -1.05. The Morgan fingerprint density at radius 2 is 2.13 bits per heavy atom. The molecule has 1 aliphatic heterocycles. The normalized spacial score (nSPS) is 17.1. The molecule has 7 nitrogen and oxygen atoms in total. The fourth-order valence-electron chi connectivity index (χ4n) is 2.87. The average molecular weight is 566 g/mol. The summed E-state index contributed by atoms with van der Waals surface area (Å²) < 4.78 is 48.7. The van der Waals surface area contributed by atoms with Gasteiger partial charge in [0.1, 0.15) is 5.82 Å². The molecule has 2 heterocycles. The van der Waals surface area contributed by atoms with Crippen LogP contribution in [0.25, 0.3) is 0 Å². The third-order valence-corrected chi connectivity index (χ3v) is 4.54. The van der Waals surface area contributed by atoms with Gasteiger partial charge >= 0.3 is 6.18 Å². The van der Waals surface area contributed by atoms with Gasteiger partial charge in [0.2, 0.25) is 0 Å². The summed E-state index contributed by atoms with van der Waals surface area (Å²) >= 11 is 6.06. The summed E-state index contributed by atoms with van der Waals surface area (Å²) in [5.74, 6) is 1.03. The Morgan fingerprint density at radius 1 is 1.37 bits per heavy atom. The lowest BCUT2D eigenvalue weighted by Crippen LogP contribution is -2.44. The van der Waals surface area contributed by atoms with E-state index in [0.717, 1.165) is 18.7 Å². The maximum Gasteiger partial charge on any atom is 0.417 e. The Labute approximate surface area is 196 Å². The number of guanidine groups is 1. The van der Waals surface area contributed by atoms with Gasteiger partial charge in [-0.15, -0.1) is 24.0 Å². The fourth-order valence-corrected chi connectivity index (χ4v) is 3.15. The van der Waals surface area contributed by atoms with Crippen molar-refractivity contribution in [1.82, 2.24) is 15.6 Å². The van der Waals surface area contributed by atoms with Gasteiger partial charge in [0, 0.05) is 39.0 Å². The highest BCUT2D eigenvalue weighted by Crippen LogP contribution is 2.34. The van der Waals surface area contributed by atoms with Crippen LogP contribution in [0.5, 0.6) is 0 Å². The summed E-state index contributed by atoms with van der Waals surface area (Å²) in [6, 6.07) is 0.988. The number of anilines is 1. The minimum atomic E-state index is -4.46. The highest BCUT2D eigenvalue weighted by Gasteiger charge is 2.33. The van der Waals surface area contributed by atoms with Crippen LogP contribution in [0.4, 0.5) is 19.0 Å². The first-order chi connectivity index (χ1) is 13.8. The highest BCUT2D eigenvalue weighted by atomic mass is 127. The summed E-state index contributed by atoms with van der Waals surface area (Å²) in [6.45, 7) is 5.93. The molecule has 0 radical (unpaired) electrons. The van der Waals surface area contributed by atoms with Gasteiger partial charge in [-0.1, -0.05) is 11.6 Å². The molecule has 1 saturated heterocycles. The molecule has 1 aromatic heterocycles. The highest BCUT2D eigenvalue weighted by molar-refractivity contribution is 14.0. The molecule has 0 spiro atoms. The molecule has 1 fully saturated rings. The van der Waals surface area contributed by atoms with E-state index in [9.17, 15) is 13.2 Å².